The summed E-state index contributed by atoms with van der Waals surface area (Å²) in [6, 6.07) is 6.87. The van der Waals surface area contributed by atoms with Crippen LogP contribution in [0.3, 0.4) is 0 Å². The fourth-order valence-corrected chi connectivity index (χ4v) is 3.90. The molecule has 1 aromatic carbocycles. The molecule has 0 bridgehead atoms. The molecule has 0 aliphatic carbocycles. The molecule has 4 nitrogen and oxygen atoms in total. The van der Waals surface area contributed by atoms with Gasteiger partial charge in [-0.15, -0.1) is 0 Å². The summed E-state index contributed by atoms with van der Waals surface area (Å²) in [5, 5.41) is 3.10. The van der Waals surface area contributed by atoms with Crippen LogP contribution in [0.15, 0.2) is 18.2 Å². The van der Waals surface area contributed by atoms with Crippen molar-refractivity contribution in [2.75, 3.05) is 20.2 Å². The Labute approximate surface area is 146 Å². The SMILES string of the molecule is CCC1(CCN(C(C)C)C(C)C)CNC(=O)c2ccc(OC)cc21. The summed E-state index contributed by atoms with van der Waals surface area (Å²) < 4.78 is 5.41. The average molecular weight is 332 g/mol. The number of fused-ring (bicyclic) bond motifs is 1. The maximum atomic E-state index is 12.3. The lowest BCUT2D eigenvalue weighted by Crippen LogP contribution is -2.49. The number of carbonyl (C=O) groups excluding carboxylic acids is 1. The molecule has 134 valence electrons. The molecule has 2 rings (SSSR count). The average Bonchev–Trinajstić information content (AvgIpc) is 2.56. The van der Waals surface area contributed by atoms with Crippen LogP contribution in [0, 0.1) is 0 Å². The number of benzene rings is 1. The highest BCUT2D eigenvalue weighted by molar-refractivity contribution is 5.97. The standard InChI is InChI=1S/C20H32N2O2/c1-7-20(10-11-22(14(2)3)15(4)5)13-21-19(23)17-9-8-16(24-6)12-18(17)20/h8-9,12,14-15H,7,10-11,13H2,1-6H3,(H,21,23). The minimum absolute atomic E-state index is 0.0280. The van der Waals surface area contributed by atoms with E-state index >= 15 is 0 Å². The van der Waals surface area contributed by atoms with Crippen molar-refractivity contribution in [2.45, 2.75) is 65.0 Å². The van der Waals surface area contributed by atoms with Crippen LogP contribution in [0.4, 0.5) is 0 Å². The van der Waals surface area contributed by atoms with Gasteiger partial charge in [-0.05, 0) is 70.8 Å². The van der Waals surface area contributed by atoms with Gasteiger partial charge in [0.1, 0.15) is 5.75 Å². The molecule has 1 N–H and O–H groups in total. The van der Waals surface area contributed by atoms with Crippen LogP contribution in [0.2, 0.25) is 0 Å². The molecular formula is C20H32N2O2. The number of carbonyl (C=O) groups is 1. The minimum atomic E-state index is -0.0280. The maximum Gasteiger partial charge on any atom is 0.251 e. The van der Waals surface area contributed by atoms with Gasteiger partial charge in [-0.3, -0.25) is 9.69 Å². The topological polar surface area (TPSA) is 41.6 Å². The Bertz CT molecular complexity index is 575. The molecule has 0 radical (unpaired) electrons. The summed E-state index contributed by atoms with van der Waals surface area (Å²) in [5.41, 5.74) is 1.91. The van der Waals surface area contributed by atoms with E-state index in [1.807, 2.05) is 12.1 Å². The Balaban J connectivity index is 2.35. The van der Waals surface area contributed by atoms with E-state index in [2.05, 4.69) is 50.9 Å². The lowest BCUT2D eigenvalue weighted by molar-refractivity contribution is 0.0908. The van der Waals surface area contributed by atoms with Crippen molar-refractivity contribution in [1.29, 1.82) is 0 Å². The molecule has 1 heterocycles. The predicted molar refractivity (Wildman–Crippen MR) is 98.9 cm³/mol. The Morgan fingerprint density at radius 1 is 1.25 bits per heavy atom. The highest BCUT2D eigenvalue weighted by Gasteiger charge is 2.38. The van der Waals surface area contributed by atoms with E-state index in [9.17, 15) is 4.79 Å². The third kappa shape index (κ3) is 3.59. The fraction of sp³-hybridized carbons (Fsp3) is 0.650. The first-order valence-corrected chi connectivity index (χ1v) is 9.07. The van der Waals surface area contributed by atoms with Crippen LogP contribution in [-0.4, -0.2) is 43.1 Å². The van der Waals surface area contributed by atoms with Crippen LogP contribution >= 0.6 is 0 Å². The molecule has 1 amide bonds. The predicted octanol–water partition coefficient (Wildman–Crippen LogP) is 3.60. The zero-order valence-electron chi connectivity index (χ0n) is 16.0. The first-order chi connectivity index (χ1) is 11.3. The second kappa shape index (κ2) is 7.56. The van der Waals surface area contributed by atoms with Crippen LogP contribution < -0.4 is 10.1 Å². The van der Waals surface area contributed by atoms with E-state index < -0.39 is 0 Å². The van der Waals surface area contributed by atoms with Crippen molar-refractivity contribution >= 4 is 5.91 Å². The van der Waals surface area contributed by atoms with Crippen molar-refractivity contribution in [3.63, 3.8) is 0 Å². The first-order valence-electron chi connectivity index (χ1n) is 9.07. The second-order valence-electron chi connectivity index (χ2n) is 7.40. The quantitative estimate of drug-likeness (QED) is 0.829. The summed E-state index contributed by atoms with van der Waals surface area (Å²) in [4.78, 5) is 14.8. The van der Waals surface area contributed by atoms with Gasteiger partial charge in [0.15, 0.2) is 0 Å². The van der Waals surface area contributed by atoms with E-state index in [1.54, 1.807) is 7.11 Å². The minimum Gasteiger partial charge on any atom is -0.497 e. The number of hydrogen-bond donors (Lipinski definition) is 1. The van der Waals surface area contributed by atoms with Gasteiger partial charge in [0, 0.05) is 29.6 Å². The Morgan fingerprint density at radius 3 is 2.46 bits per heavy atom. The number of rotatable bonds is 7. The van der Waals surface area contributed by atoms with E-state index in [4.69, 9.17) is 4.74 Å². The third-order valence-electron chi connectivity index (χ3n) is 5.48. The highest BCUT2D eigenvalue weighted by atomic mass is 16.5. The molecule has 0 saturated carbocycles. The molecule has 1 aromatic rings. The smallest absolute Gasteiger partial charge is 0.251 e. The van der Waals surface area contributed by atoms with Crippen molar-refractivity contribution in [2.24, 2.45) is 0 Å². The van der Waals surface area contributed by atoms with E-state index in [-0.39, 0.29) is 11.3 Å². The summed E-state index contributed by atoms with van der Waals surface area (Å²) in [6.45, 7) is 12.9. The summed E-state index contributed by atoms with van der Waals surface area (Å²) >= 11 is 0. The van der Waals surface area contributed by atoms with Crippen LogP contribution in [0.5, 0.6) is 5.75 Å². The van der Waals surface area contributed by atoms with Crippen molar-refractivity contribution in [3.8, 4) is 5.75 Å². The molecule has 1 aliphatic rings. The van der Waals surface area contributed by atoms with Gasteiger partial charge in [-0.1, -0.05) is 6.92 Å². The van der Waals surface area contributed by atoms with Crippen molar-refractivity contribution in [3.05, 3.63) is 29.3 Å². The number of nitrogens with zero attached hydrogens (tertiary/aromatic N) is 1. The number of nitrogens with one attached hydrogen (secondary N) is 1. The zero-order valence-corrected chi connectivity index (χ0v) is 16.0. The Hall–Kier alpha value is -1.55. The Kier molecular flexibility index (Phi) is 5.92. The summed E-state index contributed by atoms with van der Waals surface area (Å²) in [6.07, 6.45) is 2.03. The van der Waals surface area contributed by atoms with Crippen LogP contribution in [-0.2, 0) is 5.41 Å². The van der Waals surface area contributed by atoms with E-state index in [0.29, 0.717) is 18.6 Å². The lowest BCUT2D eigenvalue weighted by atomic mass is 9.71. The maximum absolute atomic E-state index is 12.3. The lowest BCUT2D eigenvalue weighted by Gasteiger charge is -2.41. The molecule has 0 fully saturated rings. The number of amides is 1. The first kappa shape index (κ1) is 18.8. The Morgan fingerprint density at radius 2 is 1.92 bits per heavy atom. The van der Waals surface area contributed by atoms with E-state index in [0.717, 1.165) is 36.3 Å². The van der Waals surface area contributed by atoms with Gasteiger partial charge < -0.3 is 10.1 Å². The highest BCUT2D eigenvalue weighted by Crippen LogP contribution is 2.38. The molecule has 0 spiro atoms. The molecule has 0 aromatic heterocycles. The van der Waals surface area contributed by atoms with Crippen LogP contribution in [0.25, 0.3) is 0 Å². The van der Waals surface area contributed by atoms with Crippen molar-refractivity contribution in [1.82, 2.24) is 10.2 Å². The molecular weight excluding hydrogens is 300 g/mol. The zero-order chi connectivity index (χ0) is 17.9. The van der Waals surface area contributed by atoms with Crippen LogP contribution in [0.1, 0.15) is 63.4 Å². The van der Waals surface area contributed by atoms with Crippen molar-refractivity contribution < 1.29 is 9.53 Å². The molecule has 1 aliphatic heterocycles. The van der Waals surface area contributed by atoms with Gasteiger partial charge in [0.2, 0.25) is 0 Å². The number of hydrogen-bond acceptors (Lipinski definition) is 3. The fourth-order valence-electron chi connectivity index (χ4n) is 3.90. The number of ether oxygens (including phenoxy) is 1. The van der Waals surface area contributed by atoms with Gasteiger partial charge in [-0.2, -0.15) is 0 Å². The monoisotopic (exact) mass is 332 g/mol. The van der Waals surface area contributed by atoms with Gasteiger partial charge in [0.05, 0.1) is 7.11 Å². The molecule has 4 heteroatoms. The molecule has 1 unspecified atom stereocenters. The third-order valence-corrected chi connectivity index (χ3v) is 5.48. The van der Waals surface area contributed by atoms with E-state index in [1.165, 1.54) is 0 Å². The molecule has 1 atom stereocenters. The largest absolute Gasteiger partial charge is 0.497 e. The normalized spacial score (nSPS) is 20.5. The van der Waals surface area contributed by atoms with Gasteiger partial charge in [-0.25, -0.2) is 0 Å². The summed E-state index contributed by atoms with van der Waals surface area (Å²) in [7, 11) is 1.68. The summed E-state index contributed by atoms with van der Waals surface area (Å²) in [5.74, 6) is 0.854. The molecule has 0 saturated heterocycles. The molecule has 24 heavy (non-hydrogen) atoms. The van der Waals surface area contributed by atoms with Gasteiger partial charge >= 0.3 is 0 Å². The second-order valence-corrected chi connectivity index (χ2v) is 7.40. The number of methoxy groups -OCH3 is 1. The van der Waals surface area contributed by atoms with Gasteiger partial charge in [0.25, 0.3) is 5.91 Å².